The van der Waals surface area contributed by atoms with E-state index in [1.54, 1.807) is 36.1 Å². The number of carbonyl (C=O) groups excluding carboxylic acids is 5. The van der Waals surface area contributed by atoms with Crippen molar-refractivity contribution in [1.29, 1.82) is 0 Å². The first-order valence-electron chi connectivity index (χ1n) is 20.4. The number of unbranched alkanes of at least 4 members (excludes halogenated alkanes) is 1. The highest BCUT2D eigenvalue weighted by Crippen LogP contribution is 2.33. The summed E-state index contributed by atoms with van der Waals surface area (Å²) < 4.78 is 22.2. The number of carbonyl (C=O) groups is 5. The molecule has 0 spiro atoms. The second-order valence-electron chi connectivity index (χ2n) is 14.9. The van der Waals surface area contributed by atoms with E-state index >= 15 is 0 Å². The van der Waals surface area contributed by atoms with Crippen molar-refractivity contribution >= 4 is 47.3 Å². The smallest absolute Gasteiger partial charge is 0.342 e. The van der Waals surface area contributed by atoms with Crippen LogP contribution >= 0.6 is 11.8 Å². The molecule has 17 nitrogen and oxygen atoms in total. The molecule has 1 aromatic rings. The van der Waals surface area contributed by atoms with Crippen LogP contribution in [0.2, 0.25) is 0 Å². The number of esters is 2. The average molecular weight is 844 g/mol. The van der Waals surface area contributed by atoms with Gasteiger partial charge in [0.1, 0.15) is 35.9 Å². The molecule has 4 aliphatic heterocycles. The number of hydrogen-bond acceptors (Lipinski definition) is 14. The number of phenols is 2. The minimum atomic E-state index is -0.798. The van der Waals surface area contributed by atoms with Crippen LogP contribution in [0.25, 0.3) is 0 Å². The molecular formula is C41H57N5O12S. The summed E-state index contributed by atoms with van der Waals surface area (Å²) in [5.74, 6) is -1.45. The van der Waals surface area contributed by atoms with Crippen molar-refractivity contribution in [3.8, 4) is 11.5 Å². The molecule has 5 N–H and O–H groups in total. The number of aromatic hydroxyl groups is 2. The lowest BCUT2D eigenvalue weighted by molar-refractivity contribution is -0.152. The normalized spacial score (nSPS) is 25.1. The Morgan fingerprint density at radius 2 is 1.81 bits per heavy atom. The summed E-state index contributed by atoms with van der Waals surface area (Å²) >= 11 is 1.86. The van der Waals surface area contributed by atoms with E-state index in [4.69, 9.17) is 23.8 Å². The van der Waals surface area contributed by atoms with Gasteiger partial charge in [0.05, 0.1) is 37.6 Å². The minimum absolute atomic E-state index is 0.0417. The van der Waals surface area contributed by atoms with Crippen molar-refractivity contribution in [2.24, 2.45) is 5.16 Å². The largest absolute Gasteiger partial charge is 0.508 e. The molecule has 0 radical (unpaired) electrons. The van der Waals surface area contributed by atoms with Gasteiger partial charge in [-0.05, 0) is 62.8 Å². The Hall–Kier alpha value is -4.81. The number of likely N-dealkylation sites (tertiary alicyclic amines) is 1. The molecule has 0 aromatic heterocycles. The van der Waals surface area contributed by atoms with Crippen LogP contribution in [0.1, 0.15) is 80.6 Å². The standard InChI is InChI=1S/C41H57N5O12S/c1-27-9-7-11-31(58-37(51)25-55-20-19-54-18-15-42-35(49)14-4-3-13-34-39-32(26-59-34)43-41(53)44-39)12-8-10-29(45-56-24-36(50)46-16-5-2-6-17-46)21-28-22-30(47)23-33(48)38(28)40(52)57-27/h7-8,10-11,22-23,27,31-32,34,39,47-48H,2-6,9,12-21,24-26H2,1H3,(H,42,49)(H2,43,44,53)/b10-8+,11-7+,45-29-/t27-,31?,32+,34+,39+/m1/s1. The van der Waals surface area contributed by atoms with Crippen LogP contribution in [-0.4, -0.2) is 139 Å². The second-order valence-corrected chi connectivity index (χ2v) is 16.2. The van der Waals surface area contributed by atoms with E-state index in [1.165, 1.54) is 6.07 Å². The molecule has 4 heterocycles. The van der Waals surface area contributed by atoms with Gasteiger partial charge in [0.2, 0.25) is 5.91 Å². The number of hydrogen-bond donors (Lipinski definition) is 5. The molecule has 0 saturated carbocycles. The lowest BCUT2D eigenvalue weighted by Gasteiger charge is -2.26. The number of ether oxygens (including phenoxy) is 4. The quantitative estimate of drug-likeness (QED) is 0.0500. The van der Waals surface area contributed by atoms with Gasteiger partial charge in [0, 0.05) is 62.4 Å². The number of nitrogens with zero attached hydrogens (tertiary/aromatic N) is 2. The zero-order valence-corrected chi connectivity index (χ0v) is 34.4. The molecule has 1 unspecified atom stereocenters. The van der Waals surface area contributed by atoms with Crippen LogP contribution in [0, 0.1) is 0 Å². The van der Waals surface area contributed by atoms with Gasteiger partial charge in [-0.15, -0.1) is 0 Å². The first-order valence-corrected chi connectivity index (χ1v) is 21.5. The van der Waals surface area contributed by atoms with E-state index in [0.29, 0.717) is 37.9 Å². The summed E-state index contributed by atoms with van der Waals surface area (Å²) in [5.41, 5.74) is 0.375. The van der Waals surface area contributed by atoms with Crippen LogP contribution in [-0.2, 0) is 44.6 Å². The number of cyclic esters (lactones) is 1. The highest BCUT2D eigenvalue weighted by Gasteiger charge is 2.42. The molecule has 324 valence electrons. The summed E-state index contributed by atoms with van der Waals surface area (Å²) in [6.45, 7) is 3.38. The summed E-state index contributed by atoms with van der Waals surface area (Å²) in [4.78, 5) is 69.6. The Kier molecular flexibility index (Phi) is 18.2. The molecule has 3 fully saturated rings. The fraction of sp³-hybridized carbons (Fsp3) is 0.610. The highest BCUT2D eigenvalue weighted by atomic mass is 32.2. The fourth-order valence-corrected chi connectivity index (χ4v) is 8.73. The Balaban J connectivity index is 1.03. The van der Waals surface area contributed by atoms with Gasteiger partial charge in [-0.25, -0.2) is 14.4 Å². The zero-order valence-electron chi connectivity index (χ0n) is 33.6. The van der Waals surface area contributed by atoms with Crippen LogP contribution in [0.3, 0.4) is 0 Å². The molecule has 5 atom stereocenters. The number of allylic oxidation sites excluding steroid dienone is 1. The maximum absolute atomic E-state index is 13.2. The van der Waals surface area contributed by atoms with Gasteiger partial charge < -0.3 is 54.8 Å². The van der Waals surface area contributed by atoms with Crippen molar-refractivity contribution in [2.75, 3.05) is 58.4 Å². The predicted molar refractivity (Wildman–Crippen MR) is 218 cm³/mol. The SMILES string of the molecule is C[C@@H]1C/C=C/C(OC(=O)COCCOCCNC(=O)CCCC[C@@H]2SC[C@@H]3NC(=O)N[C@@H]32)C/C=C/C(=N/OCC(=O)N2CCCCC2)Cc2cc(O)cc(O)c2C(=O)O1. The number of nitrogens with one attached hydrogen (secondary N) is 3. The molecule has 4 amide bonds. The maximum atomic E-state index is 13.2. The molecule has 4 aliphatic rings. The number of phenolic OH excluding ortho intramolecular Hbond substituents is 2. The molecule has 3 saturated heterocycles. The number of rotatable bonds is 17. The van der Waals surface area contributed by atoms with E-state index in [-0.39, 0.29) is 98.2 Å². The highest BCUT2D eigenvalue weighted by molar-refractivity contribution is 8.00. The van der Waals surface area contributed by atoms with Gasteiger partial charge in [0.25, 0.3) is 5.91 Å². The maximum Gasteiger partial charge on any atom is 0.342 e. The van der Waals surface area contributed by atoms with Crippen LogP contribution in [0.4, 0.5) is 4.79 Å². The first kappa shape index (κ1) is 45.3. The number of urea groups is 1. The molecule has 0 aliphatic carbocycles. The molecular weight excluding hydrogens is 787 g/mol. The Bertz CT molecular complexity index is 1700. The van der Waals surface area contributed by atoms with E-state index in [1.807, 2.05) is 11.8 Å². The van der Waals surface area contributed by atoms with E-state index in [9.17, 15) is 34.2 Å². The number of fused-ring (bicyclic) bond motifs is 2. The average Bonchev–Trinajstić information content (AvgIpc) is 3.75. The Morgan fingerprint density at radius 3 is 2.64 bits per heavy atom. The van der Waals surface area contributed by atoms with Gasteiger partial charge in [-0.1, -0.05) is 23.7 Å². The van der Waals surface area contributed by atoms with Gasteiger partial charge >= 0.3 is 18.0 Å². The summed E-state index contributed by atoms with van der Waals surface area (Å²) in [7, 11) is 0. The summed E-state index contributed by atoms with van der Waals surface area (Å²) in [6, 6.07) is 2.66. The lowest BCUT2D eigenvalue weighted by Crippen LogP contribution is -2.37. The van der Waals surface area contributed by atoms with Crippen molar-refractivity contribution in [3.63, 3.8) is 0 Å². The van der Waals surface area contributed by atoms with Crippen molar-refractivity contribution < 1.29 is 58.0 Å². The number of thioether (sulfide) groups is 1. The molecule has 1 aromatic carbocycles. The number of piperidine rings is 1. The van der Waals surface area contributed by atoms with Crippen molar-refractivity contribution in [1.82, 2.24) is 20.9 Å². The third-order valence-electron chi connectivity index (χ3n) is 10.2. The predicted octanol–water partition coefficient (Wildman–Crippen LogP) is 3.26. The summed E-state index contributed by atoms with van der Waals surface area (Å²) in [6.07, 6.45) is 11.8. The molecule has 0 bridgehead atoms. The van der Waals surface area contributed by atoms with E-state index in [0.717, 1.165) is 50.3 Å². The topological polar surface area (TPSA) is 224 Å². The molecule has 5 rings (SSSR count). The van der Waals surface area contributed by atoms with Crippen LogP contribution < -0.4 is 16.0 Å². The lowest BCUT2D eigenvalue weighted by atomic mass is 9.99. The van der Waals surface area contributed by atoms with Crippen molar-refractivity contribution in [2.45, 2.75) is 101 Å². The van der Waals surface area contributed by atoms with Crippen LogP contribution in [0.5, 0.6) is 11.5 Å². The third-order valence-corrected chi connectivity index (χ3v) is 11.7. The first-order chi connectivity index (χ1) is 28.5. The third kappa shape index (κ3) is 15.1. The monoisotopic (exact) mass is 843 g/mol. The van der Waals surface area contributed by atoms with Crippen LogP contribution in [0.15, 0.2) is 41.6 Å². The molecule has 18 heteroatoms. The number of oxime groups is 1. The van der Waals surface area contributed by atoms with Gasteiger partial charge in [-0.2, -0.15) is 11.8 Å². The van der Waals surface area contributed by atoms with Gasteiger partial charge in [-0.3, -0.25) is 9.59 Å². The number of benzene rings is 1. The van der Waals surface area contributed by atoms with Crippen molar-refractivity contribution in [3.05, 3.63) is 47.6 Å². The minimum Gasteiger partial charge on any atom is -0.508 e. The van der Waals surface area contributed by atoms with E-state index in [2.05, 4.69) is 21.1 Å². The molecule has 59 heavy (non-hydrogen) atoms. The summed E-state index contributed by atoms with van der Waals surface area (Å²) in [5, 5.41) is 34.2. The van der Waals surface area contributed by atoms with E-state index < -0.39 is 29.9 Å². The Morgan fingerprint density at radius 1 is 1.00 bits per heavy atom. The van der Waals surface area contributed by atoms with Gasteiger partial charge in [0.15, 0.2) is 6.61 Å². The Labute approximate surface area is 348 Å². The number of amides is 4. The fourth-order valence-electron chi connectivity index (χ4n) is 7.19. The zero-order chi connectivity index (χ0) is 42.0. The second kappa shape index (κ2) is 23.7.